The number of alkyl halides is 3. The number of benzene rings is 2. The first-order valence-electron chi connectivity index (χ1n) is 11.4. The van der Waals surface area contributed by atoms with Crippen LogP contribution >= 0.6 is 11.3 Å². The van der Waals surface area contributed by atoms with E-state index in [2.05, 4.69) is 20.3 Å². The number of hydrogen-bond acceptors (Lipinski definition) is 7. The monoisotopic (exact) mass is 534 g/mol. The Morgan fingerprint density at radius 1 is 1.08 bits per heavy atom. The van der Waals surface area contributed by atoms with Gasteiger partial charge in [0.05, 0.1) is 0 Å². The van der Waals surface area contributed by atoms with Crippen LogP contribution in [0.4, 0.5) is 23.1 Å². The molecule has 0 fully saturated rings. The zero-order valence-electron chi connectivity index (χ0n) is 20.4. The average molecular weight is 535 g/mol. The maximum Gasteiger partial charge on any atom is 0.573 e. The molecule has 0 saturated carbocycles. The fraction of sp³-hybridized carbons (Fsp3) is 0.360. The Bertz CT molecular complexity index is 1300. The number of carbonyl (C=O) groups excluding carboxylic acids is 2. The molecule has 196 valence electrons. The van der Waals surface area contributed by atoms with Crippen LogP contribution < -0.4 is 10.1 Å². The molecule has 1 N–H and O–H groups in total. The summed E-state index contributed by atoms with van der Waals surface area (Å²) in [5, 5.41) is 11.3. The Morgan fingerprint density at radius 2 is 1.84 bits per heavy atom. The highest BCUT2D eigenvalue weighted by atomic mass is 32.1. The second kappa shape index (κ2) is 10.4. The maximum atomic E-state index is 12.8. The van der Waals surface area contributed by atoms with E-state index in [4.69, 9.17) is 4.74 Å². The number of amides is 2. The number of fused-ring (bicyclic) bond motifs is 1. The van der Waals surface area contributed by atoms with Gasteiger partial charge in [0.15, 0.2) is 0 Å². The highest BCUT2D eigenvalue weighted by Gasteiger charge is 2.32. The summed E-state index contributed by atoms with van der Waals surface area (Å²) in [6.07, 6.45) is -4.54. The molecule has 0 bridgehead atoms. The predicted molar refractivity (Wildman–Crippen MR) is 131 cm³/mol. The Kier molecular flexibility index (Phi) is 7.39. The molecule has 8 nitrogen and oxygen atoms in total. The van der Waals surface area contributed by atoms with E-state index in [1.54, 1.807) is 23.1 Å². The molecule has 3 aromatic rings. The molecule has 0 unspecified atom stereocenters. The van der Waals surface area contributed by atoms with Crippen molar-refractivity contribution in [2.45, 2.75) is 52.1 Å². The minimum Gasteiger partial charge on any atom is -0.444 e. The average Bonchev–Trinajstić information content (AvgIpc) is 3.24. The van der Waals surface area contributed by atoms with Gasteiger partial charge in [-0.15, -0.1) is 23.4 Å². The van der Waals surface area contributed by atoms with Crippen LogP contribution in [-0.4, -0.2) is 45.6 Å². The molecular weight excluding hydrogens is 509 g/mol. The zero-order chi connectivity index (χ0) is 26.8. The lowest BCUT2D eigenvalue weighted by Gasteiger charge is -2.31. The number of rotatable bonds is 5. The van der Waals surface area contributed by atoms with Crippen LogP contribution in [0.3, 0.4) is 0 Å². The molecule has 0 spiro atoms. The van der Waals surface area contributed by atoms with Crippen LogP contribution in [-0.2, 0) is 24.1 Å². The number of nitrogens with one attached hydrogen (secondary N) is 1. The summed E-state index contributed by atoms with van der Waals surface area (Å²) in [5.74, 6) is -0.698. The summed E-state index contributed by atoms with van der Waals surface area (Å²) in [4.78, 5) is 26.8. The molecule has 2 amide bonds. The van der Waals surface area contributed by atoms with Crippen LogP contribution in [0, 0.1) is 0 Å². The third-order valence-electron chi connectivity index (χ3n) is 5.36. The number of anilines is 1. The van der Waals surface area contributed by atoms with E-state index in [1.807, 2.05) is 26.8 Å². The molecule has 37 heavy (non-hydrogen) atoms. The van der Waals surface area contributed by atoms with Gasteiger partial charge in [0, 0.05) is 30.6 Å². The second-order valence-corrected chi connectivity index (χ2v) is 10.5. The lowest BCUT2D eigenvalue weighted by Crippen LogP contribution is -2.39. The number of para-hydroxylation sites is 1. The third kappa shape index (κ3) is 7.19. The molecule has 0 radical (unpaired) electrons. The number of carbonyl (C=O) groups is 2. The normalized spacial score (nSPS) is 13.6. The highest BCUT2D eigenvalue weighted by Crippen LogP contribution is 2.29. The van der Waals surface area contributed by atoms with E-state index in [0.29, 0.717) is 35.6 Å². The van der Waals surface area contributed by atoms with Crippen molar-refractivity contribution in [1.29, 1.82) is 0 Å². The Hall–Kier alpha value is -3.67. The Morgan fingerprint density at radius 3 is 2.57 bits per heavy atom. The van der Waals surface area contributed by atoms with Gasteiger partial charge in [-0.2, -0.15) is 0 Å². The summed E-state index contributed by atoms with van der Waals surface area (Å²) in [7, 11) is 0. The van der Waals surface area contributed by atoms with Crippen molar-refractivity contribution in [2.75, 3.05) is 11.9 Å². The Labute approximate surface area is 215 Å². The molecule has 0 aliphatic carbocycles. The number of ether oxygens (including phenoxy) is 2. The van der Waals surface area contributed by atoms with Gasteiger partial charge in [0.2, 0.25) is 5.13 Å². The first-order chi connectivity index (χ1) is 17.4. The molecule has 0 saturated heterocycles. The van der Waals surface area contributed by atoms with Crippen LogP contribution in [0.2, 0.25) is 0 Å². The van der Waals surface area contributed by atoms with Gasteiger partial charge in [0.25, 0.3) is 5.91 Å². The van der Waals surface area contributed by atoms with Crippen LogP contribution in [0.1, 0.15) is 52.8 Å². The largest absolute Gasteiger partial charge is 0.573 e. The Balaban J connectivity index is 1.39. The first kappa shape index (κ1) is 26.4. The summed E-state index contributed by atoms with van der Waals surface area (Å²) < 4.78 is 47.5. The van der Waals surface area contributed by atoms with Gasteiger partial charge >= 0.3 is 12.5 Å². The quantitative estimate of drug-likeness (QED) is 0.460. The lowest BCUT2D eigenvalue weighted by molar-refractivity contribution is -0.274. The SMILES string of the molecule is CC(C)(C)OC(=O)N1CCc2cc(C(=O)Nc3nnc(Cc4ccccc4OC(F)(F)F)s3)ccc2C1. The summed E-state index contributed by atoms with van der Waals surface area (Å²) in [5.41, 5.74) is 2.04. The van der Waals surface area contributed by atoms with Crippen molar-refractivity contribution >= 4 is 28.5 Å². The number of hydrogen-bond donors (Lipinski definition) is 1. The van der Waals surface area contributed by atoms with Gasteiger partial charge in [0.1, 0.15) is 16.4 Å². The standard InChI is InChI=1S/C25H25F3N4O4S/c1-24(2,3)36-23(34)32-11-10-15-12-17(8-9-18(15)14-32)21(33)29-22-31-30-20(37-22)13-16-6-4-5-7-19(16)35-25(26,27)28/h4-9,12H,10-11,13-14H2,1-3H3,(H,29,31,33). The van der Waals surface area contributed by atoms with Gasteiger partial charge in [-0.3, -0.25) is 10.1 Å². The van der Waals surface area contributed by atoms with Crippen molar-refractivity contribution in [3.63, 3.8) is 0 Å². The molecule has 4 rings (SSSR count). The van der Waals surface area contributed by atoms with Gasteiger partial charge < -0.3 is 14.4 Å². The van der Waals surface area contributed by atoms with Crippen molar-refractivity contribution in [3.8, 4) is 5.75 Å². The minimum absolute atomic E-state index is 0.0623. The van der Waals surface area contributed by atoms with Crippen molar-refractivity contribution < 1.29 is 32.2 Å². The molecule has 1 aliphatic rings. The molecule has 12 heteroatoms. The van der Waals surface area contributed by atoms with E-state index in [1.165, 1.54) is 18.2 Å². The van der Waals surface area contributed by atoms with Gasteiger partial charge in [-0.1, -0.05) is 35.6 Å². The van der Waals surface area contributed by atoms with Crippen molar-refractivity contribution in [3.05, 3.63) is 69.7 Å². The fourth-order valence-electron chi connectivity index (χ4n) is 3.76. The van der Waals surface area contributed by atoms with Crippen LogP contribution in [0.5, 0.6) is 5.75 Å². The maximum absolute atomic E-state index is 12.8. The zero-order valence-corrected chi connectivity index (χ0v) is 21.2. The van der Waals surface area contributed by atoms with Gasteiger partial charge in [-0.05, 0) is 56.5 Å². The van der Waals surface area contributed by atoms with Crippen molar-refractivity contribution in [1.82, 2.24) is 15.1 Å². The van der Waals surface area contributed by atoms with E-state index < -0.39 is 12.0 Å². The molecule has 2 aromatic carbocycles. The lowest BCUT2D eigenvalue weighted by atomic mass is 9.97. The fourth-order valence-corrected chi connectivity index (χ4v) is 4.52. The topological polar surface area (TPSA) is 93.7 Å². The minimum atomic E-state index is -4.81. The second-order valence-electron chi connectivity index (χ2n) is 9.42. The van der Waals surface area contributed by atoms with E-state index in [0.717, 1.165) is 22.5 Å². The van der Waals surface area contributed by atoms with Crippen molar-refractivity contribution in [2.24, 2.45) is 0 Å². The number of halogens is 3. The number of nitrogens with zero attached hydrogens (tertiary/aromatic N) is 3. The summed E-state index contributed by atoms with van der Waals surface area (Å²) in [6.45, 7) is 6.32. The highest BCUT2D eigenvalue weighted by molar-refractivity contribution is 7.15. The molecule has 1 aromatic heterocycles. The van der Waals surface area contributed by atoms with Crippen LogP contribution in [0.25, 0.3) is 0 Å². The third-order valence-corrected chi connectivity index (χ3v) is 6.20. The van der Waals surface area contributed by atoms with Gasteiger partial charge in [-0.25, -0.2) is 4.79 Å². The van der Waals surface area contributed by atoms with E-state index in [-0.39, 0.29) is 29.3 Å². The summed E-state index contributed by atoms with van der Waals surface area (Å²) >= 11 is 1.07. The first-order valence-corrected chi connectivity index (χ1v) is 12.2. The molecule has 0 atom stereocenters. The van der Waals surface area contributed by atoms with E-state index >= 15 is 0 Å². The predicted octanol–water partition coefficient (Wildman–Crippen LogP) is 5.57. The summed E-state index contributed by atoms with van der Waals surface area (Å²) in [6, 6.07) is 11.1. The number of aromatic nitrogens is 2. The van der Waals surface area contributed by atoms with Crippen LogP contribution in [0.15, 0.2) is 42.5 Å². The smallest absolute Gasteiger partial charge is 0.444 e. The molecular formula is C25H25F3N4O4S. The van der Waals surface area contributed by atoms with E-state index in [9.17, 15) is 22.8 Å². The molecule has 1 aliphatic heterocycles. The molecule has 2 heterocycles.